The van der Waals surface area contributed by atoms with Gasteiger partial charge in [0.2, 0.25) is 0 Å². The minimum Gasteiger partial charge on any atom is -0.387 e. The summed E-state index contributed by atoms with van der Waals surface area (Å²) in [5, 5.41) is 11.1. The van der Waals surface area contributed by atoms with Gasteiger partial charge < -0.3 is 10.7 Å². The van der Waals surface area contributed by atoms with Crippen molar-refractivity contribution in [2.75, 3.05) is 20.6 Å². The van der Waals surface area contributed by atoms with E-state index in [2.05, 4.69) is 5.32 Å². The van der Waals surface area contributed by atoms with Crippen molar-refractivity contribution < 1.29 is 13.2 Å². The highest BCUT2D eigenvalue weighted by molar-refractivity contribution is 6.07. The molecule has 1 aromatic rings. The zero-order chi connectivity index (χ0) is 15.7. The summed E-state index contributed by atoms with van der Waals surface area (Å²) in [6, 6.07) is 1.83. The zero-order valence-corrected chi connectivity index (χ0v) is 12.2. The number of nitrogens with zero attached hydrogens (tertiary/aromatic N) is 1. The SMILES string of the molecule is CN/C(=C1/CCN(C)C(C)C1=N)c1cc(F)c(F)c(F)c1. The average Bonchev–Trinajstić information content (AvgIpc) is 2.45. The summed E-state index contributed by atoms with van der Waals surface area (Å²) in [5.41, 5.74) is 1.79. The molecule has 1 heterocycles. The Morgan fingerprint density at radius 3 is 2.38 bits per heavy atom. The molecule has 1 aliphatic heterocycles. The third-order valence-electron chi connectivity index (χ3n) is 3.94. The van der Waals surface area contributed by atoms with Crippen LogP contribution in [-0.2, 0) is 0 Å². The lowest BCUT2D eigenvalue weighted by atomic mass is 9.91. The molecule has 1 atom stereocenters. The highest BCUT2D eigenvalue weighted by Gasteiger charge is 2.27. The van der Waals surface area contributed by atoms with E-state index in [0.29, 0.717) is 23.4 Å². The molecule has 114 valence electrons. The molecule has 1 aromatic carbocycles. The molecule has 0 aromatic heterocycles. The van der Waals surface area contributed by atoms with Gasteiger partial charge in [0.1, 0.15) is 0 Å². The van der Waals surface area contributed by atoms with Crippen LogP contribution in [0, 0.1) is 22.9 Å². The Hall–Kier alpha value is -1.82. The highest BCUT2D eigenvalue weighted by Crippen LogP contribution is 2.27. The summed E-state index contributed by atoms with van der Waals surface area (Å²) in [4.78, 5) is 2.03. The van der Waals surface area contributed by atoms with E-state index in [1.54, 1.807) is 7.05 Å². The molecule has 21 heavy (non-hydrogen) atoms. The summed E-state index contributed by atoms with van der Waals surface area (Å²) >= 11 is 0. The maximum absolute atomic E-state index is 13.4. The number of nitrogens with one attached hydrogen (secondary N) is 2. The topological polar surface area (TPSA) is 39.1 Å². The van der Waals surface area contributed by atoms with Crippen LogP contribution in [0.2, 0.25) is 0 Å². The van der Waals surface area contributed by atoms with Gasteiger partial charge in [-0.3, -0.25) is 4.90 Å². The van der Waals surface area contributed by atoms with Gasteiger partial charge in [0.05, 0.1) is 5.71 Å². The van der Waals surface area contributed by atoms with E-state index in [4.69, 9.17) is 5.41 Å². The van der Waals surface area contributed by atoms with E-state index in [0.717, 1.165) is 18.7 Å². The third-order valence-corrected chi connectivity index (χ3v) is 3.94. The number of hydrogen-bond donors (Lipinski definition) is 2. The van der Waals surface area contributed by atoms with E-state index < -0.39 is 17.5 Å². The third kappa shape index (κ3) is 2.81. The normalized spacial score (nSPS) is 22.4. The predicted octanol–water partition coefficient (Wildman–Crippen LogP) is 2.78. The minimum atomic E-state index is -1.48. The van der Waals surface area contributed by atoms with E-state index in [1.807, 2.05) is 18.9 Å². The van der Waals surface area contributed by atoms with E-state index in [-0.39, 0.29) is 11.6 Å². The molecule has 0 aliphatic carbocycles. The Labute approximate surface area is 122 Å². The molecule has 0 spiro atoms. The molecule has 3 nitrogen and oxygen atoms in total. The summed E-state index contributed by atoms with van der Waals surface area (Å²) in [6.45, 7) is 2.65. The van der Waals surface area contributed by atoms with Crippen molar-refractivity contribution >= 4 is 11.4 Å². The Morgan fingerprint density at radius 2 is 1.86 bits per heavy atom. The number of hydrogen-bond acceptors (Lipinski definition) is 3. The predicted molar refractivity (Wildman–Crippen MR) is 76.7 cm³/mol. The monoisotopic (exact) mass is 297 g/mol. The summed E-state index contributed by atoms with van der Waals surface area (Å²) < 4.78 is 39.9. The molecular formula is C15H18F3N3. The van der Waals surface area contributed by atoms with Crippen LogP contribution in [-0.4, -0.2) is 37.3 Å². The van der Waals surface area contributed by atoms with Crippen molar-refractivity contribution in [3.05, 3.63) is 40.7 Å². The zero-order valence-electron chi connectivity index (χ0n) is 12.2. The van der Waals surface area contributed by atoms with Crippen LogP contribution in [0.1, 0.15) is 18.9 Å². The van der Waals surface area contributed by atoms with E-state index in [1.165, 1.54) is 0 Å². The molecule has 0 radical (unpaired) electrons. The molecular weight excluding hydrogens is 279 g/mol. The standard InChI is InChI=1S/C15H18F3N3/c1-8-14(19)10(4-5-21(8)3)15(20-2)9-6-11(16)13(18)12(17)7-9/h6-8,19-20H,4-5H2,1-3H3/b15-10-,19-14?. The molecule has 2 N–H and O–H groups in total. The van der Waals surface area contributed by atoms with Gasteiger partial charge in [-0.05, 0) is 38.1 Å². The molecule has 0 amide bonds. The Balaban J connectivity index is 2.53. The van der Waals surface area contributed by atoms with Crippen LogP contribution in [0.4, 0.5) is 13.2 Å². The minimum absolute atomic E-state index is 0.0766. The fourth-order valence-electron chi connectivity index (χ4n) is 2.52. The first-order valence-corrected chi connectivity index (χ1v) is 6.71. The van der Waals surface area contributed by atoms with Gasteiger partial charge in [-0.1, -0.05) is 0 Å². The maximum atomic E-state index is 13.4. The second-order valence-electron chi connectivity index (χ2n) is 5.18. The maximum Gasteiger partial charge on any atom is 0.194 e. The van der Waals surface area contributed by atoms with Gasteiger partial charge in [-0.25, -0.2) is 13.2 Å². The summed E-state index contributed by atoms with van der Waals surface area (Å²) in [6.07, 6.45) is 0.594. The van der Waals surface area contributed by atoms with Crippen LogP contribution in [0.3, 0.4) is 0 Å². The van der Waals surface area contributed by atoms with Gasteiger partial charge >= 0.3 is 0 Å². The van der Waals surface area contributed by atoms with Crippen molar-refractivity contribution in [1.29, 1.82) is 5.41 Å². The van der Waals surface area contributed by atoms with Crippen molar-refractivity contribution in [1.82, 2.24) is 10.2 Å². The van der Waals surface area contributed by atoms with E-state index in [9.17, 15) is 13.2 Å². The van der Waals surface area contributed by atoms with Crippen molar-refractivity contribution in [3.8, 4) is 0 Å². The number of rotatable bonds is 2. The average molecular weight is 297 g/mol. The molecule has 6 heteroatoms. The van der Waals surface area contributed by atoms with Crippen LogP contribution >= 0.6 is 0 Å². The molecule has 2 rings (SSSR count). The van der Waals surface area contributed by atoms with Crippen molar-refractivity contribution in [2.24, 2.45) is 0 Å². The number of halogens is 3. The quantitative estimate of drug-likeness (QED) is 0.824. The fourth-order valence-corrected chi connectivity index (χ4v) is 2.52. The van der Waals surface area contributed by atoms with Crippen molar-refractivity contribution in [3.63, 3.8) is 0 Å². The largest absolute Gasteiger partial charge is 0.387 e. The molecule has 0 bridgehead atoms. The lowest BCUT2D eigenvalue weighted by Crippen LogP contribution is -2.42. The molecule has 0 saturated carbocycles. The fraction of sp³-hybridized carbons (Fsp3) is 0.400. The van der Waals surface area contributed by atoms with Gasteiger partial charge in [0, 0.05) is 30.9 Å². The lowest BCUT2D eigenvalue weighted by molar-refractivity contribution is 0.302. The second-order valence-corrected chi connectivity index (χ2v) is 5.18. The number of benzene rings is 1. The summed E-state index contributed by atoms with van der Waals surface area (Å²) in [5.74, 6) is -3.94. The van der Waals surface area contributed by atoms with E-state index >= 15 is 0 Å². The number of piperidine rings is 1. The molecule has 1 fully saturated rings. The molecule has 1 saturated heterocycles. The Kier molecular flexibility index (Phi) is 4.37. The first kappa shape index (κ1) is 15.6. The van der Waals surface area contributed by atoms with Gasteiger partial charge in [-0.2, -0.15) is 0 Å². The molecule has 1 unspecified atom stereocenters. The van der Waals surface area contributed by atoms with Crippen LogP contribution in [0.15, 0.2) is 17.7 Å². The Bertz CT molecular complexity index is 587. The van der Waals surface area contributed by atoms with Crippen molar-refractivity contribution in [2.45, 2.75) is 19.4 Å². The highest BCUT2D eigenvalue weighted by atomic mass is 19.2. The lowest BCUT2D eigenvalue weighted by Gasteiger charge is -2.33. The van der Waals surface area contributed by atoms with Crippen LogP contribution in [0.25, 0.3) is 5.70 Å². The second kappa shape index (κ2) is 5.89. The van der Waals surface area contributed by atoms with Gasteiger partial charge in [-0.15, -0.1) is 0 Å². The van der Waals surface area contributed by atoms with Crippen LogP contribution < -0.4 is 5.32 Å². The summed E-state index contributed by atoms with van der Waals surface area (Å²) in [7, 11) is 3.55. The van der Waals surface area contributed by atoms with Gasteiger partial charge in [0.25, 0.3) is 0 Å². The number of likely N-dealkylation sites (tertiary alicyclic amines) is 1. The first-order valence-electron chi connectivity index (χ1n) is 6.71. The smallest absolute Gasteiger partial charge is 0.194 e. The Morgan fingerprint density at radius 1 is 1.29 bits per heavy atom. The van der Waals surface area contributed by atoms with Crippen LogP contribution in [0.5, 0.6) is 0 Å². The first-order chi connectivity index (χ1) is 9.86. The molecule has 1 aliphatic rings. The van der Waals surface area contributed by atoms with Gasteiger partial charge in [0.15, 0.2) is 17.5 Å².